The van der Waals surface area contributed by atoms with Crippen LogP contribution in [0.4, 0.5) is 4.79 Å². The van der Waals surface area contributed by atoms with Gasteiger partial charge in [-0.15, -0.1) is 0 Å². The number of nitrogens with zero attached hydrogens (tertiary/aromatic N) is 1. The van der Waals surface area contributed by atoms with Gasteiger partial charge >= 0.3 is 6.03 Å². The molecule has 1 heterocycles. The molecule has 1 aliphatic heterocycles. The molecule has 2 fully saturated rings. The molecule has 0 aromatic carbocycles. The van der Waals surface area contributed by atoms with Crippen LogP contribution in [0.15, 0.2) is 0 Å². The Labute approximate surface area is 109 Å². The molecule has 0 bridgehead atoms. The molecule has 0 aromatic heterocycles. The standard InChI is InChI=1S/C13H24N2O3/c1-3-15(2)12(16)14-9-11-10-17-13(18-11)7-5-4-6-8-13/h11H,3-10H2,1-2H3,(H,14,16)/t11-/m0/s1. The van der Waals surface area contributed by atoms with Crippen LogP contribution in [-0.2, 0) is 9.47 Å². The Morgan fingerprint density at radius 2 is 2.11 bits per heavy atom. The van der Waals surface area contributed by atoms with Crippen molar-refractivity contribution in [3.63, 3.8) is 0 Å². The summed E-state index contributed by atoms with van der Waals surface area (Å²) < 4.78 is 11.8. The Hall–Kier alpha value is -0.810. The Morgan fingerprint density at radius 1 is 1.39 bits per heavy atom. The molecule has 1 N–H and O–H groups in total. The van der Waals surface area contributed by atoms with Crippen LogP contribution in [0.3, 0.4) is 0 Å². The molecule has 1 aliphatic carbocycles. The minimum Gasteiger partial charge on any atom is -0.347 e. The van der Waals surface area contributed by atoms with Crippen molar-refractivity contribution in [1.29, 1.82) is 0 Å². The lowest BCUT2D eigenvalue weighted by molar-refractivity contribution is -0.186. The van der Waals surface area contributed by atoms with E-state index >= 15 is 0 Å². The summed E-state index contributed by atoms with van der Waals surface area (Å²) in [5.74, 6) is -0.343. The first-order valence-corrected chi connectivity index (χ1v) is 6.96. The topological polar surface area (TPSA) is 50.8 Å². The predicted molar refractivity (Wildman–Crippen MR) is 68.3 cm³/mol. The number of nitrogens with one attached hydrogen (secondary N) is 1. The van der Waals surface area contributed by atoms with Crippen molar-refractivity contribution < 1.29 is 14.3 Å². The summed E-state index contributed by atoms with van der Waals surface area (Å²) in [6.07, 6.45) is 5.61. The van der Waals surface area contributed by atoms with Crippen LogP contribution in [-0.4, -0.2) is 49.6 Å². The first kappa shape index (κ1) is 13.6. The van der Waals surface area contributed by atoms with Gasteiger partial charge in [-0.05, 0) is 19.8 Å². The monoisotopic (exact) mass is 256 g/mol. The van der Waals surface area contributed by atoms with Crippen molar-refractivity contribution in [2.75, 3.05) is 26.7 Å². The molecule has 1 saturated heterocycles. The summed E-state index contributed by atoms with van der Waals surface area (Å²) in [5.41, 5.74) is 0. The number of carbonyl (C=O) groups excluding carboxylic acids is 1. The van der Waals surface area contributed by atoms with E-state index in [0.29, 0.717) is 19.7 Å². The number of urea groups is 1. The summed E-state index contributed by atoms with van der Waals surface area (Å²) >= 11 is 0. The van der Waals surface area contributed by atoms with Crippen LogP contribution in [0, 0.1) is 0 Å². The van der Waals surface area contributed by atoms with E-state index in [2.05, 4.69) is 5.32 Å². The maximum Gasteiger partial charge on any atom is 0.317 e. The average Bonchev–Trinajstić information content (AvgIpc) is 2.79. The van der Waals surface area contributed by atoms with Crippen LogP contribution in [0.1, 0.15) is 39.0 Å². The highest BCUT2D eigenvalue weighted by atomic mass is 16.7. The van der Waals surface area contributed by atoms with E-state index in [1.54, 1.807) is 11.9 Å². The third-order valence-corrected chi connectivity index (χ3v) is 3.83. The third kappa shape index (κ3) is 3.14. The van der Waals surface area contributed by atoms with Crippen LogP contribution < -0.4 is 5.32 Å². The van der Waals surface area contributed by atoms with Crippen LogP contribution >= 0.6 is 0 Å². The molecular weight excluding hydrogens is 232 g/mol. The normalized spacial score (nSPS) is 26.2. The van der Waals surface area contributed by atoms with Gasteiger partial charge in [-0.25, -0.2) is 4.79 Å². The van der Waals surface area contributed by atoms with Gasteiger partial charge in [0.05, 0.1) is 6.61 Å². The average molecular weight is 256 g/mol. The van der Waals surface area contributed by atoms with Crippen molar-refractivity contribution in [3.05, 3.63) is 0 Å². The summed E-state index contributed by atoms with van der Waals surface area (Å²) in [4.78, 5) is 13.3. The molecule has 5 nitrogen and oxygen atoms in total. The summed E-state index contributed by atoms with van der Waals surface area (Å²) in [5, 5.41) is 2.88. The highest BCUT2D eigenvalue weighted by Crippen LogP contribution is 2.37. The Bertz CT molecular complexity index is 290. The van der Waals surface area contributed by atoms with Crippen LogP contribution in [0.25, 0.3) is 0 Å². The van der Waals surface area contributed by atoms with Crippen LogP contribution in [0.2, 0.25) is 0 Å². The molecule has 5 heteroatoms. The van der Waals surface area contributed by atoms with E-state index in [4.69, 9.17) is 9.47 Å². The smallest absolute Gasteiger partial charge is 0.317 e. The number of hydrogen-bond acceptors (Lipinski definition) is 3. The lowest BCUT2D eigenvalue weighted by Gasteiger charge is -2.31. The van der Waals surface area contributed by atoms with Gasteiger partial charge in [0, 0.05) is 33.0 Å². The SMILES string of the molecule is CCN(C)C(=O)NC[C@H]1COC2(CCCCC2)O1. The number of amides is 2. The second-order valence-corrected chi connectivity index (χ2v) is 5.22. The number of ether oxygens (including phenoxy) is 2. The molecule has 0 aromatic rings. The summed E-state index contributed by atoms with van der Waals surface area (Å²) in [6.45, 7) is 3.78. The fourth-order valence-electron chi connectivity index (χ4n) is 2.55. The van der Waals surface area contributed by atoms with E-state index in [-0.39, 0.29) is 17.9 Å². The van der Waals surface area contributed by atoms with Gasteiger partial charge in [0.1, 0.15) is 6.10 Å². The van der Waals surface area contributed by atoms with Crippen LogP contribution in [0.5, 0.6) is 0 Å². The van der Waals surface area contributed by atoms with Gasteiger partial charge in [0.2, 0.25) is 0 Å². The van der Waals surface area contributed by atoms with Gasteiger partial charge in [-0.1, -0.05) is 6.42 Å². The largest absolute Gasteiger partial charge is 0.347 e. The maximum absolute atomic E-state index is 11.6. The quantitative estimate of drug-likeness (QED) is 0.836. The van der Waals surface area contributed by atoms with E-state index < -0.39 is 0 Å². The lowest BCUT2D eigenvalue weighted by Crippen LogP contribution is -2.42. The zero-order chi connectivity index (χ0) is 13.0. The first-order valence-electron chi connectivity index (χ1n) is 6.96. The second-order valence-electron chi connectivity index (χ2n) is 5.22. The van der Waals surface area contributed by atoms with Crippen molar-refractivity contribution in [1.82, 2.24) is 10.2 Å². The molecule has 1 saturated carbocycles. The highest BCUT2D eigenvalue weighted by Gasteiger charge is 2.42. The summed E-state index contributed by atoms with van der Waals surface area (Å²) in [7, 11) is 1.78. The minimum atomic E-state index is -0.343. The fraction of sp³-hybridized carbons (Fsp3) is 0.923. The fourth-order valence-corrected chi connectivity index (χ4v) is 2.55. The Kier molecular flexibility index (Phi) is 4.45. The zero-order valence-electron chi connectivity index (χ0n) is 11.4. The first-order chi connectivity index (χ1) is 8.65. The molecule has 18 heavy (non-hydrogen) atoms. The molecular formula is C13H24N2O3. The molecule has 2 amide bonds. The zero-order valence-corrected chi connectivity index (χ0v) is 11.4. The Morgan fingerprint density at radius 3 is 2.78 bits per heavy atom. The molecule has 1 atom stereocenters. The van der Waals surface area contributed by atoms with E-state index in [9.17, 15) is 4.79 Å². The van der Waals surface area contributed by atoms with Gasteiger partial charge in [-0.3, -0.25) is 0 Å². The highest BCUT2D eigenvalue weighted by molar-refractivity contribution is 5.73. The second kappa shape index (κ2) is 5.89. The molecule has 0 radical (unpaired) electrons. The van der Waals surface area contributed by atoms with E-state index in [1.807, 2.05) is 6.92 Å². The number of rotatable bonds is 3. The summed E-state index contributed by atoms with van der Waals surface area (Å²) in [6, 6.07) is -0.0503. The van der Waals surface area contributed by atoms with Gasteiger partial charge < -0.3 is 19.7 Å². The van der Waals surface area contributed by atoms with Crippen molar-refractivity contribution >= 4 is 6.03 Å². The maximum atomic E-state index is 11.6. The third-order valence-electron chi connectivity index (χ3n) is 3.83. The Balaban J connectivity index is 1.74. The van der Waals surface area contributed by atoms with E-state index in [1.165, 1.54) is 19.3 Å². The molecule has 104 valence electrons. The van der Waals surface area contributed by atoms with Gasteiger partial charge in [0.25, 0.3) is 0 Å². The van der Waals surface area contributed by atoms with E-state index in [0.717, 1.165) is 12.8 Å². The van der Waals surface area contributed by atoms with Crippen molar-refractivity contribution in [3.8, 4) is 0 Å². The van der Waals surface area contributed by atoms with Gasteiger partial charge in [-0.2, -0.15) is 0 Å². The predicted octanol–water partition coefficient (Wildman–Crippen LogP) is 1.72. The van der Waals surface area contributed by atoms with Gasteiger partial charge in [0.15, 0.2) is 5.79 Å². The lowest BCUT2D eigenvalue weighted by atomic mass is 9.94. The van der Waals surface area contributed by atoms with Crippen molar-refractivity contribution in [2.24, 2.45) is 0 Å². The molecule has 1 spiro atoms. The number of carbonyl (C=O) groups is 1. The van der Waals surface area contributed by atoms with Crippen molar-refractivity contribution in [2.45, 2.75) is 50.9 Å². The number of hydrogen-bond donors (Lipinski definition) is 1. The molecule has 0 unspecified atom stereocenters. The minimum absolute atomic E-state index is 0.00249. The molecule has 2 rings (SSSR count). The molecule has 2 aliphatic rings.